The number of nitrogens with one attached hydrogen (secondary N) is 2. The van der Waals surface area contributed by atoms with Crippen LogP contribution in [0.25, 0.3) is 10.9 Å². The summed E-state index contributed by atoms with van der Waals surface area (Å²) < 4.78 is 20.0. The first-order valence-electron chi connectivity index (χ1n) is 15.2. The Balaban J connectivity index is 1.40. The van der Waals surface area contributed by atoms with Gasteiger partial charge >= 0.3 is 0 Å². The third-order valence-corrected chi connectivity index (χ3v) is 11.5. The highest BCUT2D eigenvalue weighted by Crippen LogP contribution is 2.72. The average molecular weight is 562 g/mol. The number of ether oxygens (including phenoxy) is 3. The molecule has 2 aromatic rings. The quantitative estimate of drug-likeness (QED) is 0.504. The Morgan fingerprint density at radius 3 is 2.76 bits per heavy atom. The van der Waals surface area contributed by atoms with Gasteiger partial charge in [-0.05, 0) is 63.2 Å². The first-order valence-corrected chi connectivity index (χ1v) is 15.2. The lowest BCUT2D eigenvalue weighted by Gasteiger charge is -2.67. The van der Waals surface area contributed by atoms with Crippen LogP contribution in [-0.4, -0.2) is 71.1 Å². The Labute approximate surface area is 241 Å². The fourth-order valence-corrected chi connectivity index (χ4v) is 9.28. The first kappa shape index (κ1) is 27.3. The molecule has 1 aromatic carbocycles. The normalized spacial score (nSPS) is 41.0. The summed E-state index contributed by atoms with van der Waals surface area (Å²) in [5.74, 6) is -0.996. The van der Waals surface area contributed by atoms with Crippen molar-refractivity contribution in [3.05, 3.63) is 47.2 Å². The summed E-state index contributed by atoms with van der Waals surface area (Å²) in [7, 11) is 1.77. The number of para-hydroxylation sites is 1. The van der Waals surface area contributed by atoms with Gasteiger partial charge in [0.25, 0.3) is 0 Å². The predicted octanol–water partition coefficient (Wildman–Crippen LogP) is 4.35. The van der Waals surface area contributed by atoms with Crippen LogP contribution in [0.15, 0.2) is 40.9 Å². The van der Waals surface area contributed by atoms with Crippen molar-refractivity contribution in [3.8, 4) is 0 Å². The molecule has 1 aromatic heterocycles. The van der Waals surface area contributed by atoms with E-state index < -0.39 is 28.5 Å². The Morgan fingerprint density at radius 1 is 1.22 bits per heavy atom. The fourth-order valence-electron chi connectivity index (χ4n) is 9.28. The lowest BCUT2D eigenvalue weighted by molar-refractivity contribution is -0.278. The van der Waals surface area contributed by atoms with Crippen LogP contribution in [0.1, 0.15) is 71.6 Å². The summed E-state index contributed by atoms with van der Waals surface area (Å²) in [6.45, 7) is 11.1. The molecule has 1 unspecified atom stereocenters. The van der Waals surface area contributed by atoms with Crippen molar-refractivity contribution in [2.75, 3.05) is 20.2 Å². The molecule has 2 saturated carbocycles. The summed E-state index contributed by atoms with van der Waals surface area (Å²) in [5.41, 5.74) is 2.03. The zero-order valence-electron chi connectivity index (χ0n) is 25.1. The molecule has 7 rings (SSSR count). The van der Waals surface area contributed by atoms with Gasteiger partial charge in [-0.1, -0.05) is 39.0 Å². The lowest BCUT2D eigenvalue weighted by atomic mass is 9.41. The summed E-state index contributed by atoms with van der Waals surface area (Å²) in [5, 5.41) is 17.6. The van der Waals surface area contributed by atoms with Crippen molar-refractivity contribution in [1.29, 1.82) is 0 Å². The largest absolute Gasteiger partial charge is 0.382 e. The molecule has 220 valence electrons. The topological polar surface area (TPSA) is 105 Å². The van der Waals surface area contributed by atoms with E-state index in [1.54, 1.807) is 7.05 Å². The molecule has 1 saturated heterocycles. The van der Waals surface area contributed by atoms with Gasteiger partial charge in [-0.3, -0.25) is 9.79 Å². The standard InChI is InChI=1S/C33H43N3O5/c1-7-14-35-26(37)18-39-25-16-19-15-21-20-10-8-9-11-22(20)36-27(21)31(19,5)30(4)12-13-32-24(33(25,30)38)17-23(34-6)28(40-32)29(2,3)41-32/h8-11,17,19,25,28,36,38H,7,12-16,18H2,1-6H3,(H,35,37)/t19-,25+,28+,30-,31-,32?,33+/m1/s1. The van der Waals surface area contributed by atoms with Crippen LogP contribution in [0.2, 0.25) is 0 Å². The van der Waals surface area contributed by atoms with Crippen molar-refractivity contribution < 1.29 is 24.1 Å². The smallest absolute Gasteiger partial charge is 0.246 e. The molecule has 5 aliphatic rings. The average Bonchev–Trinajstić information content (AvgIpc) is 3.53. The van der Waals surface area contributed by atoms with Gasteiger partial charge in [0.1, 0.15) is 18.3 Å². The van der Waals surface area contributed by atoms with Crippen molar-refractivity contribution in [1.82, 2.24) is 10.3 Å². The molecular formula is C33H43N3O5. The molecular weight excluding hydrogens is 518 g/mol. The van der Waals surface area contributed by atoms with Crippen LogP contribution in [0.3, 0.4) is 0 Å². The maximum absolute atomic E-state index is 13.5. The van der Waals surface area contributed by atoms with E-state index in [2.05, 4.69) is 53.4 Å². The van der Waals surface area contributed by atoms with Gasteiger partial charge in [-0.15, -0.1) is 0 Å². The molecule has 8 nitrogen and oxygen atoms in total. The minimum atomic E-state index is -1.47. The van der Waals surface area contributed by atoms with Gasteiger partial charge in [0, 0.05) is 53.0 Å². The van der Waals surface area contributed by atoms with Gasteiger partial charge in [0.2, 0.25) is 5.91 Å². The molecule has 2 aliphatic heterocycles. The van der Waals surface area contributed by atoms with Gasteiger partial charge < -0.3 is 29.6 Å². The highest BCUT2D eigenvalue weighted by molar-refractivity contribution is 6.02. The van der Waals surface area contributed by atoms with E-state index in [4.69, 9.17) is 14.2 Å². The molecule has 1 spiro atoms. The number of fused-ring (bicyclic) bond motifs is 9. The Kier molecular flexibility index (Phi) is 5.83. The number of hydrogen-bond acceptors (Lipinski definition) is 6. The lowest BCUT2D eigenvalue weighted by Crippen LogP contribution is -2.75. The number of amides is 1. The van der Waals surface area contributed by atoms with Crippen molar-refractivity contribution in [3.63, 3.8) is 0 Å². The van der Waals surface area contributed by atoms with Crippen LogP contribution < -0.4 is 5.32 Å². The van der Waals surface area contributed by atoms with Crippen LogP contribution in [0, 0.1) is 11.3 Å². The molecule has 3 N–H and O–H groups in total. The summed E-state index contributed by atoms with van der Waals surface area (Å²) in [6.07, 6.45) is 4.74. The molecule has 0 radical (unpaired) electrons. The van der Waals surface area contributed by atoms with E-state index in [-0.39, 0.29) is 30.0 Å². The monoisotopic (exact) mass is 561 g/mol. The number of aliphatic hydroxyl groups is 1. The molecule has 41 heavy (non-hydrogen) atoms. The number of benzene rings is 1. The summed E-state index contributed by atoms with van der Waals surface area (Å²) >= 11 is 0. The second-order valence-electron chi connectivity index (χ2n) is 13.8. The minimum absolute atomic E-state index is 0.106. The van der Waals surface area contributed by atoms with Crippen LogP contribution in [0.5, 0.6) is 0 Å². The third-order valence-electron chi connectivity index (χ3n) is 11.5. The number of hydrogen-bond donors (Lipinski definition) is 3. The SMILES string of the molecule is CCCNC(=O)CO[C@H]1C[C@H]2Cc3c([nH]c4ccccc34)[C@]2(C)[C@@]2(C)CCC34O[C@@H](C(=NC)C=C3[C@]12O)C(C)(C)O4. The van der Waals surface area contributed by atoms with Gasteiger partial charge in [0.05, 0.1) is 17.4 Å². The third kappa shape index (κ3) is 3.31. The molecule has 2 bridgehead atoms. The van der Waals surface area contributed by atoms with Gasteiger partial charge in [-0.2, -0.15) is 0 Å². The van der Waals surface area contributed by atoms with E-state index in [0.717, 1.165) is 24.1 Å². The van der Waals surface area contributed by atoms with Crippen molar-refractivity contribution in [2.24, 2.45) is 16.3 Å². The molecule has 1 amide bonds. The number of aromatic nitrogens is 1. The van der Waals surface area contributed by atoms with E-state index in [0.29, 0.717) is 31.4 Å². The van der Waals surface area contributed by atoms with E-state index in [1.165, 1.54) is 16.6 Å². The van der Waals surface area contributed by atoms with Gasteiger partial charge in [0.15, 0.2) is 5.79 Å². The zero-order chi connectivity index (χ0) is 29.0. The van der Waals surface area contributed by atoms with Crippen LogP contribution >= 0.6 is 0 Å². The number of H-pyrrole nitrogens is 1. The van der Waals surface area contributed by atoms with Crippen molar-refractivity contribution in [2.45, 2.75) is 101 Å². The Bertz CT molecular complexity index is 1490. The second kappa shape index (κ2) is 8.75. The number of aromatic amines is 1. The van der Waals surface area contributed by atoms with Crippen molar-refractivity contribution >= 4 is 22.5 Å². The number of rotatable bonds is 5. The maximum Gasteiger partial charge on any atom is 0.246 e. The van der Waals surface area contributed by atoms with E-state index in [9.17, 15) is 9.90 Å². The summed E-state index contributed by atoms with van der Waals surface area (Å²) in [4.78, 5) is 21.1. The summed E-state index contributed by atoms with van der Waals surface area (Å²) in [6, 6.07) is 8.49. The molecule has 3 heterocycles. The Morgan fingerprint density at radius 2 is 2.00 bits per heavy atom. The van der Waals surface area contributed by atoms with E-state index in [1.807, 2.05) is 26.8 Å². The highest BCUT2D eigenvalue weighted by Gasteiger charge is 2.77. The maximum atomic E-state index is 13.5. The fraction of sp³-hybridized carbons (Fsp3) is 0.636. The molecule has 8 heteroatoms. The van der Waals surface area contributed by atoms with Gasteiger partial charge in [-0.25, -0.2) is 0 Å². The Hall–Kier alpha value is -2.52. The number of aliphatic imine (C=N–C) groups is 1. The second-order valence-corrected chi connectivity index (χ2v) is 13.8. The highest BCUT2D eigenvalue weighted by atomic mass is 16.8. The first-order chi connectivity index (χ1) is 19.4. The number of carbonyl (C=O) groups is 1. The van der Waals surface area contributed by atoms with Crippen LogP contribution in [0.4, 0.5) is 0 Å². The van der Waals surface area contributed by atoms with E-state index >= 15 is 0 Å². The zero-order valence-corrected chi connectivity index (χ0v) is 25.1. The minimum Gasteiger partial charge on any atom is -0.382 e. The molecule has 3 aliphatic carbocycles. The van der Waals surface area contributed by atoms with Crippen LogP contribution in [-0.2, 0) is 30.8 Å². The predicted molar refractivity (Wildman–Crippen MR) is 157 cm³/mol. The molecule has 3 fully saturated rings. The number of nitrogens with zero attached hydrogens (tertiary/aromatic N) is 1. The molecule has 7 atom stereocenters. The number of carbonyl (C=O) groups excluding carboxylic acids is 1.